The average molecular weight is 485 g/mol. The summed E-state index contributed by atoms with van der Waals surface area (Å²) in [6.45, 7) is 0.550. The van der Waals surface area contributed by atoms with Gasteiger partial charge in [0, 0.05) is 12.1 Å². The lowest BCUT2D eigenvalue weighted by Crippen LogP contribution is -2.51. The molecule has 0 spiro atoms. The average Bonchev–Trinajstić information content (AvgIpc) is 3.24. The Hall–Kier alpha value is -3.10. The molecule has 0 radical (unpaired) electrons. The number of amides is 1. The van der Waals surface area contributed by atoms with Gasteiger partial charge in [-0.3, -0.25) is 4.79 Å². The zero-order valence-electron chi connectivity index (χ0n) is 19.4. The summed E-state index contributed by atoms with van der Waals surface area (Å²) in [7, 11) is 1.49. The summed E-state index contributed by atoms with van der Waals surface area (Å²) in [4.78, 5) is 17.7. The summed E-state index contributed by atoms with van der Waals surface area (Å²) in [6.07, 6.45) is 3.81. The summed E-state index contributed by atoms with van der Waals surface area (Å²) in [6, 6.07) is 7.61. The molecular formula is C26H27F3N4O2. The molecule has 1 aromatic carbocycles. The minimum absolute atomic E-state index is 0.0463. The molecule has 0 aliphatic heterocycles. The molecule has 9 heteroatoms. The molecule has 3 aromatic rings. The standard InChI is InChI=1S/C26H27F3N4O2/c1-35-19-4-2-3-18(8-19)21-9-22(26(27,28)29)33-23(32-21)20(13-31-33)24(34)30-14-25-10-15-5-16(11-25)7-17(6-15)12-25/h2-4,8-9,13,15-17H,5-7,10-12,14H2,1H3,(H,30,34). The molecule has 4 bridgehead atoms. The lowest BCUT2D eigenvalue weighted by molar-refractivity contribution is -0.142. The molecule has 1 amide bonds. The van der Waals surface area contributed by atoms with Gasteiger partial charge in [-0.25, -0.2) is 9.50 Å². The van der Waals surface area contributed by atoms with Gasteiger partial charge in [-0.2, -0.15) is 18.3 Å². The van der Waals surface area contributed by atoms with Crippen LogP contribution in [0.25, 0.3) is 16.9 Å². The van der Waals surface area contributed by atoms with Crippen LogP contribution in [0.2, 0.25) is 0 Å². The van der Waals surface area contributed by atoms with Crippen LogP contribution in [0.15, 0.2) is 36.5 Å². The van der Waals surface area contributed by atoms with E-state index in [0.717, 1.165) is 43.1 Å². The van der Waals surface area contributed by atoms with Gasteiger partial charge in [-0.15, -0.1) is 0 Å². The van der Waals surface area contributed by atoms with Gasteiger partial charge in [-0.05, 0) is 79.9 Å². The molecule has 4 saturated carbocycles. The van der Waals surface area contributed by atoms with E-state index in [0.29, 0.717) is 22.4 Å². The quantitative estimate of drug-likeness (QED) is 0.529. The zero-order chi connectivity index (χ0) is 24.4. The number of hydrogen-bond acceptors (Lipinski definition) is 4. The van der Waals surface area contributed by atoms with Crippen molar-refractivity contribution in [2.75, 3.05) is 13.7 Å². The summed E-state index contributed by atoms with van der Waals surface area (Å²) in [5.41, 5.74) is -0.382. The van der Waals surface area contributed by atoms with E-state index in [1.807, 2.05) is 0 Å². The number of aromatic nitrogens is 3. The van der Waals surface area contributed by atoms with Crippen LogP contribution in [0.5, 0.6) is 5.75 Å². The molecule has 0 atom stereocenters. The summed E-state index contributed by atoms with van der Waals surface area (Å²) in [5.74, 6) is 2.31. The first-order chi connectivity index (χ1) is 16.7. The van der Waals surface area contributed by atoms with Gasteiger partial charge in [0.05, 0.1) is 19.0 Å². The smallest absolute Gasteiger partial charge is 0.433 e. The molecule has 0 unspecified atom stereocenters. The Bertz CT molecular complexity index is 1260. The van der Waals surface area contributed by atoms with Crippen LogP contribution in [0, 0.1) is 23.2 Å². The summed E-state index contributed by atoms with van der Waals surface area (Å²) >= 11 is 0. The maximum atomic E-state index is 13.9. The molecule has 7 rings (SSSR count). The predicted octanol–water partition coefficient (Wildman–Crippen LogP) is 5.37. The van der Waals surface area contributed by atoms with Gasteiger partial charge >= 0.3 is 6.18 Å². The Morgan fingerprint density at radius 3 is 2.46 bits per heavy atom. The number of hydrogen-bond donors (Lipinski definition) is 1. The molecule has 2 aromatic heterocycles. The molecule has 1 N–H and O–H groups in total. The van der Waals surface area contributed by atoms with Crippen molar-refractivity contribution in [1.29, 1.82) is 0 Å². The first-order valence-electron chi connectivity index (χ1n) is 12.1. The van der Waals surface area contributed by atoms with E-state index < -0.39 is 17.8 Å². The van der Waals surface area contributed by atoms with Crippen LogP contribution in [-0.2, 0) is 6.18 Å². The number of rotatable bonds is 5. The lowest BCUT2D eigenvalue weighted by atomic mass is 9.49. The molecule has 0 saturated heterocycles. The van der Waals surface area contributed by atoms with Gasteiger partial charge in [0.1, 0.15) is 11.3 Å². The number of methoxy groups -OCH3 is 1. The highest BCUT2D eigenvalue weighted by Crippen LogP contribution is 2.59. The van der Waals surface area contributed by atoms with Crippen molar-refractivity contribution in [3.63, 3.8) is 0 Å². The number of ether oxygens (including phenoxy) is 1. The molecule has 2 heterocycles. The number of carbonyl (C=O) groups excluding carboxylic acids is 1. The van der Waals surface area contributed by atoms with E-state index in [4.69, 9.17) is 4.74 Å². The topological polar surface area (TPSA) is 68.5 Å². The van der Waals surface area contributed by atoms with Crippen molar-refractivity contribution in [3.8, 4) is 17.0 Å². The Labute approximate surface area is 200 Å². The van der Waals surface area contributed by atoms with E-state index in [-0.39, 0.29) is 22.3 Å². The zero-order valence-corrected chi connectivity index (χ0v) is 19.4. The third-order valence-electron chi connectivity index (χ3n) is 8.16. The van der Waals surface area contributed by atoms with E-state index in [1.54, 1.807) is 24.3 Å². The molecule has 35 heavy (non-hydrogen) atoms. The summed E-state index contributed by atoms with van der Waals surface area (Å²) < 4.78 is 47.7. The van der Waals surface area contributed by atoms with E-state index >= 15 is 0 Å². The number of fused-ring (bicyclic) bond motifs is 1. The van der Waals surface area contributed by atoms with Crippen molar-refractivity contribution in [2.24, 2.45) is 23.2 Å². The second-order valence-corrected chi connectivity index (χ2v) is 10.7. The van der Waals surface area contributed by atoms with Crippen LogP contribution >= 0.6 is 0 Å². The highest BCUT2D eigenvalue weighted by molar-refractivity contribution is 6.00. The minimum Gasteiger partial charge on any atom is -0.497 e. The number of nitrogens with one attached hydrogen (secondary N) is 1. The largest absolute Gasteiger partial charge is 0.497 e. The predicted molar refractivity (Wildman–Crippen MR) is 123 cm³/mol. The van der Waals surface area contributed by atoms with Crippen LogP contribution in [-0.4, -0.2) is 34.2 Å². The van der Waals surface area contributed by atoms with Crippen molar-refractivity contribution in [3.05, 3.63) is 47.8 Å². The highest BCUT2D eigenvalue weighted by Gasteiger charge is 2.50. The second-order valence-electron chi connectivity index (χ2n) is 10.7. The third-order valence-corrected chi connectivity index (χ3v) is 8.16. The molecule has 4 aliphatic rings. The fourth-order valence-corrected chi connectivity index (χ4v) is 7.12. The first kappa shape index (κ1) is 22.4. The normalized spacial score (nSPS) is 27.4. The van der Waals surface area contributed by atoms with Crippen molar-refractivity contribution >= 4 is 11.6 Å². The minimum atomic E-state index is -4.67. The SMILES string of the molecule is COc1cccc(-c2cc(C(F)(F)F)n3ncc(C(=O)NCC45CC6CC(CC(C6)C4)C5)c3n2)c1. The molecular weight excluding hydrogens is 457 g/mol. The van der Waals surface area contributed by atoms with E-state index in [2.05, 4.69) is 15.4 Å². The van der Waals surface area contributed by atoms with Crippen LogP contribution < -0.4 is 10.1 Å². The fourth-order valence-electron chi connectivity index (χ4n) is 7.12. The van der Waals surface area contributed by atoms with Crippen molar-refractivity contribution in [1.82, 2.24) is 19.9 Å². The number of benzene rings is 1. The molecule has 4 aliphatic carbocycles. The van der Waals surface area contributed by atoms with Crippen molar-refractivity contribution in [2.45, 2.75) is 44.7 Å². The Morgan fingerprint density at radius 2 is 1.83 bits per heavy atom. The van der Waals surface area contributed by atoms with Gasteiger partial charge in [0.15, 0.2) is 11.3 Å². The van der Waals surface area contributed by atoms with Gasteiger partial charge in [0.2, 0.25) is 0 Å². The number of nitrogens with zero attached hydrogens (tertiary/aromatic N) is 3. The molecule has 4 fully saturated rings. The third kappa shape index (κ3) is 3.94. The Kier molecular flexibility index (Phi) is 5.09. The monoisotopic (exact) mass is 484 g/mol. The van der Waals surface area contributed by atoms with E-state index in [9.17, 15) is 18.0 Å². The second kappa shape index (κ2) is 7.96. The Balaban J connectivity index is 1.33. The maximum Gasteiger partial charge on any atom is 0.433 e. The number of alkyl halides is 3. The van der Waals surface area contributed by atoms with Gasteiger partial charge in [-0.1, -0.05) is 12.1 Å². The van der Waals surface area contributed by atoms with Gasteiger partial charge < -0.3 is 10.1 Å². The molecule has 184 valence electrons. The first-order valence-corrected chi connectivity index (χ1v) is 12.1. The highest BCUT2D eigenvalue weighted by atomic mass is 19.4. The fraction of sp³-hybridized carbons (Fsp3) is 0.500. The van der Waals surface area contributed by atoms with E-state index in [1.165, 1.54) is 32.6 Å². The number of halogens is 3. The van der Waals surface area contributed by atoms with Crippen LogP contribution in [0.3, 0.4) is 0 Å². The molecule has 6 nitrogen and oxygen atoms in total. The van der Waals surface area contributed by atoms with Crippen LogP contribution in [0.4, 0.5) is 13.2 Å². The Morgan fingerprint density at radius 1 is 1.14 bits per heavy atom. The maximum absolute atomic E-state index is 13.9. The van der Waals surface area contributed by atoms with Crippen molar-refractivity contribution < 1.29 is 22.7 Å². The summed E-state index contributed by atoms with van der Waals surface area (Å²) in [5, 5.41) is 6.93. The van der Waals surface area contributed by atoms with Gasteiger partial charge in [0.25, 0.3) is 5.91 Å². The van der Waals surface area contributed by atoms with Crippen LogP contribution in [0.1, 0.15) is 54.6 Å². The lowest BCUT2D eigenvalue weighted by Gasteiger charge is -2.56. The number of carbonyl (C=O) groups is 1.